The monoisotopic (exact) mass is 253 g/mol. The smallest absolute Gasteiger partial charge is 0.234 e. The van der Waals surface area contributed by atoms with Crippen molar-refractivity contribution in [2.24, 2.45) is 11.5 Å². The van der Waals surface area contributed by atoms with E-state index in [9.17, 15) is 4.79 Å². The van der Waals surface area contributed by atoms with Crippen LogP contribution in [-0.4, -0.2) is 29.4 Å². The molecule has 17 heavy (non-hydrogen) atoms. The van der Waals surface area contributed by atoms with Gasteiger partial charge in [0.15, 0.2) is 0 Å². The fraction of sp³-hybridized carbons (Fsp3) is 0.583. The molecule has 2 rings (SSSR count). The van der Waals surface area contributed by atoms with Crippen LogP contribution in [0.2, 0.25) is 0 Å². The largest absolute Gasteiger partial charge is 0.368 e. The van der Waals surface area contributed by atoms with Crippen LogP contribution in [0.5, 0.6) is 0 Å². The van der Waals surface area contributed by atoms with Crippen molar-refractivity contribution in [1.29, 1.82) is 0 Å². The van der Waals surface area contributed by atoms with Gasteiger partial charge in [-0.15, -0.1) is 0 Å². The van der Waals surface area contributed by atoms with Crippen molar-refractivity contribution in [1.82, 2.24) is 4.90 Å². The first kappa shape index (κ1) is 12.5. The van der Waals surface area contributed by atoms with Crippen LogP contribution in [0.15, 0.2) is 16.8 Å². The second-order valence-corrected chi connectivity index (χ2v) is 5.44. The predicted octanol–water partition coefficient (Wildman–Crippen LogP) is 1.09. The molecule has 0 spiro atoms. The highest BCUT2D eigenvalue weighted by molar-refractivity contribution is 7.07. The molecule has 3 atom stereocenters. The van der Waals surface area contributed by atoms with E-state index in [0.717, 1.165) is 19.4 Å². The summed E-state index contributed by atoms with van der Waals surface area (Å²) in [5.41, 5.74) is 12.7. The van der Waals surface area contributed by atoms with E-state index in [4.69, 9.17) is 11.5 Å². The summed E-state index contributed by atoms with van der Waals surface area (Å²) in [6.07, 6.45) is 1.86. The Balaban J connectivity index is 2.25. The summed E-state index contributed by atoms with van der Waals surface area (Å²) in [6.45, 7) is 2.88. The molecule has 0 aliphatic carbocycles. The van der Waals surface area contributed by atoms with Crippen LogP contribution in [0.4, 0.5) is 0 Å². The van der Waals surface area contributed by atoms with Crippen LogP contribution in [0.1, 0.15) is 31.4 Å². The summed E-state index contributed by atoms with van der Waals surface area (Å²) < 4.78 is 0. The van der Waals surface area contributed by atoms with Crippen LogP contribution >= 0.6 is 11.3 Å². The van der Waals surface area contributed by atoms with E-state index in [1.165, 1.54) is 5.56 Å². The maximum Gasteiger partial charge on any atom is 0.234 e. The Morgan fingerprint density at radius 3 is 2.94 bits per heavy atom. The Morgan fingerprint density at radius 1 is 1.65 bits per heavy atom. The zero-order valence-corrected chi connectivity index (χ0v) is 10.8. The molecule has 1 aromatic rings. The maximum absolute atomic E-state index is 11.5. The van der Waals surface area contributed by atoms with Crippen molar-refractivity contribution in [3.63, 3.8) is 0 Å². The lowest BCUT2D eigenvalue weighted by Crippen LogP contribution is -2.47. The number of thiophene rings is 1. The number of primary amides is 1. The normalized spacial score (nSPS) is 24.7. The van der Waals surface area contributed by atoms with Crippen LogP contribution in [0, 0.1) is 0 Å². The highest BCUT2D eigenvalue weighted by Crippen LogP contribution is 2.32. The van der Waals surface area contributed by atoms with E-state index in [1.54, 1.807) is 11.3 Å². The van der Waals surface area contributed by atoms with Crippen molar-refractivity contribution in [3.05, 3.63) is 22.4 Å². The minimum absolute atomic E-state index is 0.00968. The molecule has 4 N–H and O–H groups in total. The van der Waals surface area contributed by atoms with Gasteiger partial charge < -0.3 is 11.5 Å². The van der Waals surface area contributed by atoms with Crippen LogP contribution in [0.25, 0.3) is 0 Å². The molecular formula is C12H19N3OS. The fourth-order valence-corrected chi connectivity index (χ4v) is 3.36. The summed E-state index contributed by atoms with van der Waals surface area (Å²) >= 11 is 1.66. The molecule has 1 aliphatic heterocycles. The summed E-state index contributed by atoms with van der Waals surface area (Å²) in [4.78, 5) is 13.6. The number of carbonyl (C=O) groups is 1. The Kier molecular flexibility index (Phi) is 3.81. The number of hydrogen-bond donors (Lipinski definition) is 2. The molecule has 94 valence electrons. The minimum Gasteiger partial charge on any atom is -0.368 e. The number of hydrogen-bond acceptors (Lipinski definition) is 4. The second kappa shape index (κ2) is 5.16. The summed E-state index contributed by atoms with van der Waals surface area (Å²) in [5, 5.41) is 4.14. The number of likely N-dealkylation sites (tertiary alicyclic amines) is 1. The molecule has 1 aliphatic rings. The molecule has 2 heterocycles. The van der Waals surface area contributed by atoms with Gasteiger partial charge in [0.2, 0.25) is 5.91 Å². The first-order valence-corrected chi connectivity index (χ1v) is 6.88. The first-order chi connectivity index (χ1) is 8.11. The number of nitrogens with two attached hydrogens (primary N) is 2. The van der Waals surface area contributed by atoms with Crippen molar-refractivity contribution >= 4 is 17.2 Å². The van der Waals surface area contributed by atoms with Crippen LogP contribution in [-0.2, 0) is 4.79 Å². The summed E-state index contributed by atoms with van der Waals surface area (Å²) in [6, 6.07) is 2.01. The lowest BCUT2D eigenvalue weighted by molar-refractivity contribution is -0.123. The molecule has 1 amide bonds. The van der Waals surface area contributed by atoms with Crippen LogP contribution in [0.3, 0.4) is 0 Å². The third-order valence-corrected chi connectivity index (χ3v) is 4.06. The Labute approximate surface area is 106 Å². The molecule has 0 radical (unpaired) electrons. The van der Waals surface area contributed by atoms with Gasteiger partial charge in [0.1, 0.15) is 0 Å². The molecule has 0 aromatic carbocycles. The lowest BCUT2D eigenvalue weighted by atomic mass is 10.0. The van der Waals surface area contributed by atoms with Gasteiger partial charge in [0.05, 0.1) is 12.1 Å². The van der Waals surface area contributed by atoms with Crippen molar-refractivity contribution in [3.8, 4) is 0 Å². The zero-order chi connectivity index (χ0) is 12.4. The standard InChI is InChI=1S/C12H19N3OS/c1-8(13)11(9-4-6-17-7-9)15-5-2-3-10(15)12(14)16/h4,6-8,10-11H,2-3,5,13H2,1H3,(H2,14,16). The van der Waals surface area contributed by atoms with Crippen LogP contribution < -0.4 is 11.5 Å². The number of nitrogens with zero attached hydrogens (tertiary/aromatic N) is 1. The molecule has 4 nitrogen and oxygen atoms in total. The van der Waals surface area contributed by atoms with E-state index in [2.05, 4.69) is 16.3 Å². The van der Waals surface area contributed by atoms with Crippen molar-refractivity contribution in [2.45, 2.75) is 37.9 Å². The third kappa shape index (κ3) is 2.51. The number of carbonyl (C=O) groups excluding carboxylic acids is 1. The maximum atomic E-state index is 11.5. The molecular weight excluding hydrogens is 234 g/mol. The number of amides is 1. The molecule has 0 bridgehead atoms. The predicted molar refractivity (Wildman–Crippen MR) is 69.6 cm³/mol. The van der Waals surface area contributed by atoms with E-state index in [1.807, 2.05) is 12.3 Å². The van der Waals surface area contributed by atoms with E-state index in [0.29, 0.717) is 0 Å². The molecule has 3 unspecified atom stereocenters. The highest BCUT2D eigenvalue weighted by atomic mass is 32.1. The fourth-order valence-electron chi connectivity index (χ4n) is 2.67. The van der Waals surface area contributed by atoms with E-state index in [-0.39, 0.29) is 24.0 Å². The highest BCUT2D eigenvalue weighted by Gasteiger charge is 2.36. The van der Waals surface area contributed by atoms with E-state index < -0.39 is 0 Å². The van der Waals surface area contributed by atoms with Crippen molar-refractivity contribution < 1.29 is 4.79 Å². The van der Waals surface area contributed by atoms with Crippen molar-refractivity contribution in [2.75, 3.05) is 6.54 Å². The summed E-state index contributed by atoms with van der Waals surface area (Å²) in [7, 11) is 0. The SMILES string of the molecule is CC(N)C(c1ccsc1)N1CCCC1C(N)=O. The minimum atomic E-state index is -0.233. The average Bonchev–Trinajstić information content (AvgIpc) is 2.87. The molecule has 1 fully saturated rings. The first-order valence-electron chi connectivity index (χ1n) is 5.94. The van der Waals surface area contributed by atoms with Gasteiger partial charge in [-0.1, -0.05) is 0 Å². The van der Waals surface area contributed by atoms with Gasteiger partial charge in [0, 0.05) is 6.04 Å². The Bertz CT molecular complexity index is 377. The Morgan fingerprint density at radius 2 is 2.41 bits per heavy atom. The number of rotatable bonds is 4. The summed E-state index contributed by atoms with van der Waals surface area (Å²) in [5.74, 6) is -0.233. The Hall–Kier alpha value is -0.910. The topological polar surface area (TPSA) is 72.3 Å². The van der Waals surface area contributed by atoms with Gasteiger partial charge >= 0.3 is 0 Å². The van der Waals surface area contributed by atoms with Gasteiger partial charge in [0.25, 0.3) is 0 Å². The van der Waals surface area contributed by atoms with Gasteiger partial charge in [-0.3, -0.25) is 9.69 Å². The quantitative estimate of drug-likeness (QED) is 0.843. The van der Waals surface area contributed by atoms with Gasteiger partial charge in [-0.25, -0.2) is 0 Å². The van der Waals surface area contributed by atoms with Gasteiger partial charge in [-0.2, -0.15) is 11.3 Å². The average molecular weight is 253 g/mol. The zero-order valence-electron chi connectivity index (χ0n) is 10.0. The van der Waals surface area contributed by atoms with E-state index >= 15 is 0 Å². The third-order valence-electron chi connectivity index (χ3n) is 3.36. The van der Waals surface area contributed by atoms with Gasteiger partial charge in [-0.05, 0) is 48.7 Å². The lowest BCUT2D eigenvalue weighted by Gasteiger charge is -2.33. The molecule has 1 aromatic heterocycles. The molecule has 1 saturated heterocycles. The molecule has 0 saturated carbocycles. The molecule has 5 heteroatoms. The second-order valence-electron chi connectivity index (χ2n) is 4.66.